The number of rotatable bonds is 3. The van der Waals surface area contributed by atoms with E-state index in [-0.39, 0.29) is 6.10 Å². The Morgan fingerprint density at radius 1 is 1.73 bits per heavy atom. The first-order chi connectivity index (χ1) is 5.27. The van der Waals surface area contributed by atoms with Gasteiger partial charge in [0.1, 0.15) is 6.10 Å². The lowest BCUT2D eigenvalue weighted by Gasteiger charge is -2.00. The first kappa shape index (κ1) is 8.03. The normalized spacial score (nSPS) is 13.0. The Morgan fingerprint density at radius 3 is 2.91 bits per heavy atom. The maximum absolute atomic E-state index is 4.93. The largest absolute Gasteiger partial charge is 0.479 e. The van der Waals surface area contributed by atoms with Crippen molar-refractivity contribution in [3.8, 4) is 5.88 Å². The van der Waals surface area contributed by atoms with Crippen molar-refractivity contribution in [2.24, 2.45) is 5.90 Å². The van der Waals surface area contributed by atoms with Gasteiger partial charge in [-0.2, -0.15) is 0 Å². The molecule has 0 fully saturated rings. The van der Waals surface area contributed by atoms with Crippen LogP contribution in [0.25, 0.3) is 0 Å². The monoisotopic (exact) mass is 158 g/mol. The van der Waals surface area contributed by atoms with E-state index in [9.17, 15) is 0 Å². The molecular weight excluding hydrogens is 148 g/mol. The molecule has 1 heterocycles. The molecule has 0 aliphatic heterocycles. The van der Waals surface area contributed by atoms with Gasteiger partial charge in [0, 0.05) is 6.07 Å². The topological polar surface area (TPSA) is 70.5 Å². The molecule has 0 bridgehead atoms. The van der Waals surface area contributed by atoms with E-state index in [1.54, 1.807) is 13.0 Å². The van der Waals surface area contributed by atoms with Crippen LogP contribution >= 0.6 is 0 Å². The summed E-state index contributed by atoms with van der Waals surface area (Å²) < 4.78 is 9.62. The first-order valence-corrected chi connectivity index (χ1v) is 3.14. The van der Waals surface area contributed by atoms with Crippen molar-refractivity contribution in [3.05, 3.63) is 11.8 Å². The molecule has 1 aromatic rings. The molecule has 0 spiro atoms. The fourth-order valence-electron chi connectivity index (χ4n) is 0.627. The van der Waals surface area contributed by atoms with Crippen LogP contribution in [0.5, 0.6) is 5.88 Å². The lowest BCUT2D eigenvalue weighted by Crippen LogP contribution is -2.03. The lowest BCUT2D eigenvalue weighted by atomic mass is 10.3. The van der Waals surface area contributed by atoms with Crippen LogP contribution in [0.1, 0.15) is 18.8 Å². The van der Waals surface area contributed by atoms with Crippen LogP contribution in [0, 0.1) is 0 Å². The number of ether oxygens (including phenoxy) is 1. The second kappa shape index (κ2) is 3.36. The minimum atomic E-state index is -0.300. The van der Waals surface area contributed by atoms with E-state index in [2.05, 4.69) is 9.99 Å². The molecular formula is C6H10N2O3. The molecule has 1 aromatic heterocycles. The molecule has 5 nitrogen and oxygen atoms in total. The second-order valence-electron chi connectivity index (χ2n) is 2.05. The van der Waals surface area contributed by atoms with E-state index in [1.165, 1.54) is 7.11 Å². The standard InChI is InChI=1S/C6H10N2O3/c1-4(10-7)5-3-6(9-2)8-11-5/h3-4H,7H2,1-2H3. The molecule has 5 heteroatoms. The van der Waals surface area contributed by atoms with Gasteiger partial charge in [-0.1, -0.05) is 0 Å². The maximum atomic E-state index is 4.93. The summed E-state index contributed by atoms with van der Waals surface area (Å²) in [4.78, 5) is 4.50. The molecule has 1 atom stereocenters. The third kappa shape index (κ3) is 1.69. The van der Waals surface area contributed by atoms with E-state index >= 15 is 0 Å². The molecule has 0 saturated heterocycles. The predicted molar refractivity (Wildman–Crippen MR) is 36.7 cm³/mol. The predicted octanol–water partition coefficient (Wildman–Crippen LogP) is 0.634. The van der Waals surface area contributed by atoms with Crippen molar-refractivity contribution in [1.82, 2.24) is 5.16 Å². The fourth-order valence-corrected chi connectivity index (χ4v) is 0.627. The van der Waals surface area contributed by atoms with Crippen molar-refractivity contribution < 1.29 is 14.1 Å². The van der Waals surface area contributed by atoms with E-state index in [1.807, 2.05) is 0 Å². The van der Waals surface area contributed by atoms with E-state index < -0.39 is 0 Å². The zero-order valence-corrected chi connectivity index (χ0v) is 6.40. The minimum absolute atomic E-state index is 0.300. The van der Waals surface area contributed by atoms with Gasteiger partial charge in [0.2, 0.25) is 0 Å². The minimum Gasteiger partial charge on any atom is -0.479 e. The van der Waals surface area contributed by atoms with Crippen molar-refractivity contribution in [3.63, 3.8) is 0 Å². The highest BCUT2D eigenvalue weighted by atomic mass is 16.6. The maximum Gasteiger partial charge on any atom is 0.254 e. The summed E-state index contributed by atoms with van der Waals surface area (Å²) >= 11 is 0. The van der Waals surface area contributed by atoms with Crippen LogP contribution in [0.15, 0.2) is 10.6 Å². The van der Waals surface area contributed by atoms with Crippen LogP contribution in [0.4, 0.5) is 0 Å². The van der Waals surface area contributed by atoms with Gasteiger partial charge in [-0.05, 0) is 12.1 Å². The Balaban J connectivity index is 2.71. The van der Waals surface area contributed by atoms with Gasteiger partial charge in [-0.3, -0.25) is 4.84 Å². The molecule has 0 aromatic carbocycles. The summed E-state index contributed by atoms with van der Waals surface area (Å²) in [6, 6.07) is 1.62. The Kier molecular flexibility index (Phi) is 2.45. The number of methoxy groups -OCH3 is 1. The Bertz CT molecular complexity index is 223. The lowest BCUT2D eigenvalue weighted by molar-refractivity contribution is 0.0463. The van der Waals surface area contributed by atoms with Gasteiger partial charge in [0.15, 0.2) is 5.76 Å². The summed E-state index contributed by atoms with van der Waals surface area (Å²) in [5.41, 5.74) is 0. The van der Waals surface area contributed by atoms with Gasteiger partial charge in [0.05, 0.1) is 7.11 Å². The van der Waals surface area contributed by atoms with Crippen LogP contribution in [0.2, 0.25) is 0 Å². The summed E-state index contributed by atoms with van der Waals surface area (Å²) in [5, 5.41) is 3.57. The average Bonchev–Trinajstić information content (AvgIpc) is 2.50. The number of hydrogen-bond acceptors (Lipinski definition) is 5. The van der Waals surface area contributed by atoms with Crippen molar-refractivity contribution >= 4 is 0 Å². The molecule has 0 radical (unpaired) electrons. The highest BCUT2D eigenvalue weighted by Crippen LogP contribution is 2.18. The Hall–Kier alpha value is -1.07. The number of aromatic nitrogens is 1. The molecule has 11 heavy (non-hydrogen) atoms. The molecule has 1 unspecified atom stereocenters. The van der Waals surface area contributed by atoms with Crippen LogP contribution in [-0.2, 0) is 4.84 Å². The fraction of sp³-hybridized carbons (Fsp3) is 0.500. The zero-order valence-electron chi connectivity index (χ0n) is 6.40. The highest BCUT2D eigenvalue weighted by molar-refractivity contribution is 5.12. The molecule has 1 rings (SSSR count). The molecule has 0 amide bonds. The Morgan fingerprint density at radius 2 is 2.45 bits per heavy atom. The SMILES string of the molecule is COc1cc(C(C)ON)on1. The molecule has 2 N–H and O–H groups in total. The van der Waals surface area contributed by atoms with E-state index in [4.69, 9.17) is 15.2 Å². The molecule has 0 aliphatic carbocycles. The molecule has 0 saturated carbocycles. The summed E-state index contributed by atoms with van der Waals surface area (Å²) in [6.07, 6.45) is -0.300. The number of nitrogens with zero attached hydrogens (tertiary/aromatic N) is 1. The van der Waals surface area contributed by atoms with Gasteiger partial charge in [-0.25, -0.2) is 5.90 Å². The average molecular weight is 158 g/mol. The number of hydrogen-bond donors (Lipinski definition) is 1. The van der Waals surface area contributed by atoms with Crippen molar-refractivity contribution in [1.29, 1.82) is 0 Å². The summed E-state index contributed by atoms with van der Waals surface area (Å²) in [7, 11) is 1.51. The van der Waals surface area contributed by atoms with Crippen LogP contribution in [-0.4, -0.2) is 12.3 Å². The van der Waals surface area contributed by atoms with Crippen molar-refractivity contribution in [2.75, 3.05) is 7.11 Å². The van der Waals surface area contributed by atoms with E-state index in [0.29, 0.717) is 11.6 Å². The highest BCUT2D eigenvalue weighted by Gasteiger charge is 2.11. The summed E-state index contributed by atoms with van der Waals surface area (Å²) in [5.74, 6) is 5.89. The smallest absolute Gasteiger partial charge is 0.254 e. The van der Waals surface area contributed by atoms with Gasteiger partial charge in [-0.15, -0.1) is 0 Å². The zero-order chi connectivity index (χ0) is 8.27. The quantitative estimate of drug-likeness (QED) is 0.653. The first-order valence-electron chi connectivity index (χ1n) is 3.14. The van der Waals surface area contributed by atoms with Gasteiger partial charge in [0.25, 0.3) is 5.88 Å². The summed E-state index contributed by atoms with van der Waals surface area (Å²) in [6.45, 7) is 1.75. The number of nitrogens with two attached hydrogens (primary N) is 1. The van der Waals surface area contributed by atoms with Gasteiger partial charge >= 0.3 is 0 Å². The van der Waals surface area contributed by atoms with Gasteiger partial charge < -0.3 is 9.26 Å². The Labute approximate surface area is 64.0 Å². The van der Waals surface area contributed by atoms with Crippen molar-refractivity contribution in [2.45, 2.75) is 13.0 Å². The molecule has 62 valence electrons. The third-order valence-corrected chi connectivity index (χ3v) is 1.32. The van der Waals surface area contributed by atoms with Crippen LogP contribution < -0.4 is 10.6 Å². The van der Waals surface area contributed by atoms with E-state index in [0.717, 1.165) is 0 Å². The second-order valence-corrected chi connectivity index (χ2v) is 2.05. The molecule has 0 aliphatic rings. The third-order valence-electron chi connectivity index (χ3n) is 1.32. The van der Waals surface area contributed by atoms with Crippen LogP contribution in [0.3, 0.4) is 0 Å².